The van der Waals surface area contributed by atoms with Crippen molar-refractivity contribution in [2.75, 3.05) is 5.32 Å². The van der Waals surface area contributed by atoms with Gasteiger partial charge >= 0.3 is 0 Å². The molecule has 0 atom stereocenters. The van der Waals surface area contributed by atoms with Crippen molar-refractivity contribution in [3.05, 3.63) is 58.3 Å². The van der Waals surface area contributed by atoms with Crippen LogP contribution in [0.5, 0.6) is 0 Å². The summed E-state index contributed by atoms with van der Waals surface area (Å²) in [6.07, 6.45) is 1.47. The molecule has 7 nitrogen and oxygen atoms in total. The number of pyridine rings is 2. The molecule has 4 aromatic rings. The van der Waals surface area contributed by atoms with Gasteiger partial charge in [0.05, 0.1) is 27.4 Å². The number of anilines is 1. The molecule has 0 aromatic carbocycles. The van der Waals surface area contributed by atoms with Crippen molar-refractivity contribution in [3.63, 3.8) is 0 Å². The second-order valence-corrected chi connectivity index (χ2v) is 6.58. The fourth-order valence-electron chi connectivity index (χ4n) is 2.93. The van der Waals surface area contributed by atoms with Gasteiger partial charge in [-0.1, -0.05) is 16.8 Å². The van der Waals surface area contributed by atoms with E-state index in [1.165, 1.54) is 6.20 Å². The van der Waals surface area contributed by atoms with E-state index >= 15 is 0 Å². The highest BCUT2D eigenvalue weighted by molar-refractivity contribution is 6.30. The van der Waals surface area contributed by atoms with Crippen LogP contribution in [0, 0.1) is 20.8 Å². The molecule has 0 fully saturated rings. The second kappa shape index (κ2) is 6.51. The predicted molar refractivity (Wildman–Crippen MR) is 101 cm³/mol. The minimum atomic E-state index is -0.345. The van der Waals surface area contributed by atoms with Crippen molar-refractivity contribution in [2.45, 2.75) is 20.8 Å². The fraction of sp³-hybridized carbons (Fsp3) is 0.158. The Balaban J connectivity index is 1.82. The molecule has 0 spiro atoms. The highest BCUT2D eigenvalue weighted by atomic mass is 35.5. The van der Waals surface area contributed by atoms with Crippen LogP contribution in [0.4, 0.5) is 5.82 Å². The molecule has 136 valence electrons. The van der Waals surface area contributed by atoms with Gasteiger partial charge in [-0.15, -0.1) is 0 Å². The normalized spacial score (nSPS) is 11.1. The van der Waals surface area contributed by atoms with Gasteiger partial charge in [-0.3, -0.25) is 4.79 Å². The maximum Gasteiger partial charge on any atom is 0.259 e. The van der Waals surface area contributed by atoms with Gasteiger partial charge in [-0.2, -0.15) is 0 Å². The van der Waals surface area contributed by atoms with Crippen LogP contribution >= 0.6 is 11.6 Å². The molecule has 0 unspecified atom stereocenters. The standard InChI is InChI=1S/C19H15ClN4O3/c1-9-6-13(11(3)26-9)15-7-14(17-10(2)24-27-19(17)22-15)18(25)23-16-5-4-12(20)8-21-16/h4-8H,1-3H3,(H,21,23,25). The number of hydrogen-bond acceptors (Lipinski definition) is 6. The average molecular weight is 383 g/mol. The van der Waals surface area contributed by atoms with E-state index in [1.807, 2.05) is 19.9 Å². The van der Waals surface area contributed by atoms with Crippen LogP contribution in [-0.2, 0) is 0 Å². The SMILES string of the molecule is Cc1cc(-c2cc(C(=O)Nc3ccc(Cl)cn3)c3c(C)noc3n2)c(C)o1. The second-order valence-electron chi connectivity index (χ2n) is 6.15. The lowest BCUT2D eigenvalue weighted by Crippen LogP contribution is -2.14. The summed E-state index contributed by atoms with van der Waals surface area (Å²) in [5.74, 6) is 1.51. The van der Waals surface area contributed by atoms with Crippen LogP contribution in [0.15, 0.2) is 39.4 Å². The zero-order valence-corrected chi connectivity index (χ0v) is 15.6. The molecular weight excluding hydrogens is 368 g/mol. The van der Waals surface area contributed by atoms with Gasteiger partial charge in [0.1, 0.15) is 17.3 Å². The number of carbonyl (C=O) groups excluding carboxylic acids is 1. The van der Waals surface area contributed by atoms with E-state index in [4.69, 9.17) is 20.5 Å². The van der Waals surface area contributed by atoms with Gasteiger partial charge in [-0.25, -0.2) is 9.97 Å². The van der Waals surface area contributed by atoms with Crippen LogP contribution in [0.1, 0.15) is 27.6 Å². The summed E-state index contributed by atoms with van der Waals surface area (Å²) in [4.78, 5) is 21.5. The van der Waals surface area contributed by atoms with Crippen LogP contribution in [0.2, 0.25) is 5.02 Å². The van der Waals surface area contributed by atoms with E-state index in [-0.39, 0.29) is 11.6 Å². The Morgan fingerprint density at radius 1 is 1.19 bits per heavy atom. The summed E-state index contributed by atoms with van der Waals surface area (Å²) in [5, 5.41) is 7.76. The number of fused-ring (bicyclic) bond motifs is 1. The van der Waals surface area contributed by atoms with Gasteiger partial charge in [0.2, 0.25) is 0 Å². The highest BCUT2D eigenvalue weighted by Crippen LogP contribution is 2.30. The number of halogens is 1. The van der Waals surface area contributed by atoms with E-state index < -0.39 is 0 Å². The summed E-state index contributed by atoms with van der Waals surface area (Å²) in [6, 6.07) is 6.85. The molecule has 8 heteroatoms. The van der Waals surface area contributed by atoms with Gasteiger partial charge in [-0.05, 0) is 45.0 Å². The number of nitrogens with zero attached hydrogens (tertiary/aromatic N) is 3. The number of aryl methyl sites for hydroxylation is 3. The van der Waals surface area contributed by atoms with E-state index in [1.54, 1.807) is 25.1 Å². The lowest BCUT2D eigenvalue weighted by atomic mass is 10.1. The predicted octanol–water partition coefficient (Wildman–Crippen LogP) is 4.71. The molecule has 0 radical (unpaired) electrons. The highest BCUT2D eigenvalue weighted by Gasteiger charge is 2.21. The third-order valence-corrected chi connectivity index (χ3v) is 4.37. The van der Waals surface area contributed by atoms with Crippen LogP contribution in [-0.4, -0.2) is 21.0 Å². The first kappa shape index (κ1) is 17.2. The topological polar surface area (TPSA) is 94.1 Å². The summed E-state index contributed by atoms with van der Waals surface area (Å²) in [5.41, 5.74) is 2.63. The Morgan fingerprint density at radius 3 is 2.67 bits per heavy atom. The van der Waals surface area contributed by atoms with Crippen molar-refractivity contribution in [2.24, 2.45) is 0 Å². The van der Waals surface area contributed by atoms with Crippen LogP contribution < -0.4 is 5.32 Å². The lowest BCUT2D eigenvalue weighted by molar-refractivity contribution is 0.102. The minimum absolute atomic E-state index is 0.289. The smallest absolute Gasteiger partial charge is 0.259 e. The zero-order chi connectivity index (χ0) is 19.1. The maximum atomic E-state index is 12.9. The molecule has 0 bridgehead atoms. The first-order chi connectivity index (χ1) is 12.9. The van der Waals surface area contributed by atoms with Gasteiger partial charge in [0.15, 0.2) is 0 Å². The molecule has 4 heterocycles. The number of hydrogen-bond donors (Lipinski definition) is 1. The first-order valence-corrected chi connectivity index (χ1v) is 8.57. The quantitative estimate of drug-likeness (QED) is 0.551. The Hall–Kier alpha value is -3.19. The Labute approximate surface area is 159 Å². The Morgan fingerprint density at radius 2 is 2.00 bits per heavy atom. The van der Waals surface area contributed by atoms with Crippen molar-refractivity contribution in [1.82, 2.24) is 15.1 Å². The third kappa shape index (κ3) is 3.17. The molecule has 0 saturated heterocycles. The Kier molecular flexibility index (Phi) is 4.16. The molecule has 1 amide bonds. The lowest BCUT2D eigenvalue weighted by Gasteiger charge is -2.07. The molecule has 27 heavy (non-hydrogen) atoms. The molecule has 4 rings (SSSR count). The van der Waals surface area contributed by atoms with Crippen molar-refractivity contribution < 1.29 is 13.7 Å². The van der Waals surface area contributed by atoms with E-state index in [0.717, 1.165) is 11.3 Å². The monoisotopic (exact) mass is 382 g/mol. The van der Waals surface area contributed by atoms with E-state index in [9.17, 15) is 4.79 Å². The molecule has 0 aliphatic heterocycles. The molecule has 0 aliphatic carbocycles. The van der Waals surface area contributed by atoms with E-state index in [0.29, 0.717) is 38.9 Å². The molecule has 0 saturated carbocycles. The molecule has 4 aromatic heterocycles. The average Bonchev–Trinajstić information content (AvgIpc) is 3.18. The number of rotatable bonds is 3. The number of nitrogens with one attached hydrogen (secondary N) is 1. The summed E-state index contributed by atoms with van der Waals surface area (Å²) in [7, 11) is 0. The van der Waals surface area contributed by atoms with Crippen molar-refractivity contribution >= 4 is 34.4 Å². The first-order valence-electron chi connectivity index (χ1n) is 8.19. The minimum Gasteiger partial charge on any atom is -0.466 e. The maximum absolute atomic E-state index is 12.9. The number of carbonyl (C=O) groups is 1. The summed E-state index contributed by atoms with van der Waals surface area (Å²) in [6.45, 7) is 5.46. The third-order valence-electron chi connectivity index (χ3n) is 4.15. The number of aromatic nitrogens is 3. The van der Waals surface area contributed by atoms with Gasteiger partial charge < -0.3 is 14.3 Å². The van der Waals surface area contributed by atoms with Crippen LogP contribution in [0.25, 0.3) is 22.4 Å². The van der Waals surface area contributed by atoms with Gasteiger partial charge in [0.25, 0.3) is 11.6 Å². The molecule has 1 N–H and O–H groups in total. The Bertz CT molecular complexity index is 1160. The van der Waals surface area contributed by atoms with E-state index in [2.05, 4.69) is 20.4 Å². The van der Waals surface area contributed by atoms with Crippen molar-refractivity contribution in [3.8, 4) is 11.3 Å². The summed E-state index contributed by atoms with van der Waals surface area (Å²) >= 11 is 5.84. The molecular formula is C19H15ClN4O3. The fourth-order valence-corrected chi connectivity index (χ4v) is 3.04. The summed E-state index contributed by atoms with van der Waals surface area (Å²) < 4.78 is 10.9. The number of amides is 1. The largest absolute Gasteiger partial charge is 0.466 e. The van der Waals surface area contributed by atoms with Gasteiger partial charge in [0, 0.05) is 11.8 Å². The number of furan rings is 1. The molecule has 0 aliphatic rings. The van der Waals surface area contributed by atoms with Crippen molar-refractivity contribution in [1.29, 1.82) is 0 Å². The zero-order valence-electron chi connectivity index (χ0n) is 14.8. The van der Waals surface area contributed by atoms with Crippen LogP contribution in [0.3, 0.4) is 0 Å².